The van der Waals surface area contributed by atoms with Crippen LogP contribution in [0.25, 0.3) is 0 Å². The van der Waals surface area contributed by atoms with E-state index in [0.29, 0.717) is 11.5 Å². The lowest BCUT2D eigenvalue weighted by Crippen LogP contribution is -2.24. The molecule has 3 nitrogen and oxygen atoms in total. The van der Waals surface area contributed by atoms with Gasteiger partial charge in [0, 0.05) is 25.0 Å². The molecule has 0 amide bonds. The SMILES string of the molecule is CCCCCC(C)(C)CNc1nccn1C1CC1. The van der Waals surface area contributed by atoms with Gasteiger partial charge < -0.3 is 9.88 Å². The summed E-state index contributed by atoms with van der Waals surface area (Å²) < 4.78 is 2.29. The molecule has 0 aromatic carbocycles. The summed E-state index contributed by atoms with van der Waals surface area (Å²) in [6.07, 6.45) is 11.9. The predicted molar refractivity (Wildman–Crippen MR) is 76.9 cm³/mol. The molecule has 0 unspecified atom stereocenters. The summed E-state index contributed by atoms with van der Waals surface area (Å²) in [6, 6.07) is 0.707. The number of hydrogen-bond acceptors (Lipinski definition) is 2. The summed E-state index contributed by atoms with van der Waals surface area (Å²) in [6.45, 7) is 7.97. The second-order valence-electron chi connectivity index (χ2n) is 6.36. The van der Waals surface area contributed by atoms with E-state index < -0.39 is 0 Å². The van der Waals surface area contributed by atoms with Crippen LogP contribution in [-0.4, -0.2) is 16.1 Å². The molecule has 0 saturated heterocycles. The largest absolute Gasteiger partial charge is 0.355 e. The van der Waals surface area contributed by atoms with Crippen LogP contribution in [0.1, 0.15) is 65.3 Å². The predicted octanol–water partition coefficient (Wildman–Crippen LogP) is 4.24. The lowest BCUT2D eigenvalue weighted by molar-refractivity contribution is 0.341. The monoisotopic (exact) mass is 249 g/mol. The van der Waals surface area contributed by atoms with Crippen molar-refractivity contribution in [1.29, 1.82) is 0 Å². The zero-order chi connectivity index (χ0) is 13.0. The van der Waals surface area contributed by atoms with E-state index in [4.69, 9.17) is 0 Å². The Labute approximate surface area is 111 Å². The van der Waals surface area contributed by atoms with Gasteiger partial charge in [-0.3, -0.25) is 0 Å². The van der Waals surface area contributed by atoms with Gasteiger partial charge in [0.15, 0.2) is 0 Å². The first-order valence-electron chi connectivity index (χ1n) is 7.39. The lowest BCUT2D eigenvalue weighted by Gasteiger charge is -2.25. The Kier molecular flexibility index (Phi) is 4.31. The van der Waals surface area contributed by atoms with Crippen molar-refractivity contribution in [2.75, 3.05) is 11.9 Å². The van der Waals surface area contributed by atoms with Crippen LogP contribution in [-0.2, 0) is 0 Å². The van der Waals surface area contributed by atoms with Crippen molar-refractivity contribution in [3.8, 4) is 0 Å². The van der Waals surface area contributed by atoms with Crippen LogP contribution >= 0.6 is 0 Å². The Hall–Kier alpha value is -0.990. The van der Waals surface area contributed by atoms with Crippen LogP contribution in [0.3, 0.4) is 0 Å². The van der Waals surface area contributed by atoms with E-state index in [-0.39, 0.29) is 0 Å². The molecule has 0 radical (unpaired) electrons. The summed E-state index contributed by atoms with van der Waals surface area (Å²) in [5.41, 5.74) is 0.357. The molecular formula is C15H27N3. The highest BCUT2D eigenvalue weighted by Crippen LogP contribution is 2.37. The number of unbranched alkanes of at least 4 members (excludes halogenated alkanes) is 2. The second kappa shape index (κ2) is 5.77. The van der Waals surface area contributed by atoms with Gasteiger partial charge in [-0.05, 0) is 24.7 Å². The highest BCUT2D eigenvalue weighted by atomic mass is 15.2. The standard InChI is InChI=1S/C15H27N3/c1-4-5-6-9-15(2,3)12-17-14-16-10-11-18(14)13-7-8-13/h10-11,13H,4-9,12H2,1-3H3,(H,16,17). The number of hydrogen-bond donors (Lipinski definition) is 1. The smallest absolute Gasteiger partial charge is 0.203 e. The van der Waals surface area contributed by atoms with Gasteiger partial charge in [-0.25, -0.2) is 4.98 Å². The molecule has 1 saturated carbocycles. The Bertz CT molecular complexity index is 364. The van der Waals surface area contributed by atoms with Crippen molar-refractivity contribution in [3.63, 3.8) is 0 Å². The first-order valence-corrected chi connectivity index (χ1v) is 7.39. The van der Waals surface area contributed by atoms with Gasteiger partial charge in [0.25, 0.3) is 0 Å². The Morgan fingerprint density at radius 1 is 1.39 bits per heavy atom. The zero-order valence-corrected chi connectivity index (χ0v) is 12.1. The second-order valence-corrected chi connectivity index (χ2v) is 6.36. The van der Waals surface area contributed by atoms with Crippen LogP contribution in [0.2, 0.25) is 0 Å². The summed E-state index contributed by atoms with van der Waals surface area (Å²) >= 11 is 0. The summed E-state index contributed by atoms with van der Waals surface area (Å²) in [5.74, 6) is 1.06. The summed E-state index contributed by atoms with van der Waals surface area (Å²) in [7, 11) is 0. The van der Waals surface area contributed by atoms with E-state index in [0.717, 1.165) is 12.5 Å². The van der Waals surface area contributed by atoms with Gasteiger partial charge >= 0.3 is 0 Å². The highest BCUT2D eigenvalue weighted by molar-refractivity contribution is 5.28. The first kappa shape index (κ1) is 13.4. The Morgan fingerprint density at radius 2 is 2.17 bits per heavy atom. The van der Waals surface area contributed by atoms with E-state index >= 15 is 0 Å². The van der Waals surface area contributed by atoms with Crippen molar-refractivity contribution in [1.82, 2.24) is 9.55 Å². The van der Waals surface area contributed by atoms with Crippen LogP contribution in [0.5, 0.6) is 0 Å². The molecule has 1 aromatic rings. The van der Waals surface area contributed by atoms with Crippen molar-refractivity contribution in [3.05, 3.63) is 12.4 Å². The van der Waals surface area contributed by atoms with Crippen molar-refractivity contribution in [2.45, 2.75) is 65.3 Å². The molecule has 1 heterocycles. The number of imidazole rings is 1. The van der Waals surface area contributed by atoms with E-state index in [9.17, 15) is 0 Å². The molecule has 3 heteroatoms. The van der Waals surface area contributed by atoms with Gasteiger partial charge in [0.2, 0.25) is 5.95 Å². The fourth-order valence-electron chi connectivity index (χ4n) is 2.36. The van der Waals surface area contributed by atoms with E-state index in [1.807, 2.05) is 6.20 Å². The number of nitrogens with one attached hydrogen (secondary N) is 1. The third-order valence-corrected chi connectivity index (χ3v) is 3.79. The molecule has 1 aliphatic carbocycles. The molecule has 0 bridgehead atoms. The lowest BCUT2D eigenvalue weighted by atomic mass is 9.87. The maximum atomic E-state index is 4.43. The minimum Gasteiger partial charge on any atom is -0.355 e. The van der Waals surface area contributed by atoms with E-state index in [1.54, 1.807) is 0 Å². The fraction of sp³-hybridized carbons (Fsp3) is 0.800. The van der Waals surface area contributed by atoms with Crippen LogP contribution < -0.4 is 5.32 Å². The van der Waals surface area contributed by atoms with Crippen molar-refractivity contribution < 1.29 is 0 Å². The number of nitrogens with zero attached hydrogens (tertiary/aromatic N) is 2. The number of rotatable bonds is 8. The van der Waals surface area contributed by atoms with Crippen LogP contribution in [0, 0.1) is 5.41 Å². The average Bonchev–Trinajstić information content (AvgIpc) is 3.06. The minimum atomic E-state index is 0.357. The summed E-state index contributed by atoms with van der Waals surface area (Å²) in [5, 5.41) is 3.53. The molecule has 1 aromatic heterocycles. The van der Waals surface area contributed by atoms with Gasteiger partial charge in [-0.2, -0.15) is 0 Å². The Balaban J connectivity index is 1.80. The van der Waals surface area contributed by atoms with Gasteiger partial charge in [-0.1, -0.05) is 40.0 Å². The number of anilines is 1. The number of aromatic nitrogens is 2. The molecule has 1 N–H and O–H groups in total. The average molecular weight is 249 g/mol. The van der Waals surface area contributed by atoms with Gasteiger partial charge in [-0.15, -0.1) is 0 Å². The molecule has 0 spiro atoms. The molecule has 0 atom stereocenters. The third-order valence-electron chi connectivity index (χ3n) is 3.79. The molecule has 0 aliphatic heterocycles. The highest BCUT2D eigenvalue weighted by Gasteiger charge is 2.26. The van der Waals surface area contributed by atoms with Crippen LogP contribution in [0.15, 0.2) is 12.4 Å². The molecule has 1 aliphatic rings. The van der Waals surface area contributed by atoms with Gasteiger partial charge in [0.05, 0.1) is 0 Å². The normalized spacial score (nSPS) is 15.9. The van der Waals surface area contributed by atoms with Crippen LogP contribution in [0.4, 0.5) is 5.95 Å². The van der Waals surface area contributed by atoms with E-state index in [1.165, 1.54) is 38.5 Å². The molecule has 1 fully saturated rings. The third kappa shape index (κ3) is 3.76. The van der Waals surface area contributed by atoms with Crippen molar-refractivity contribution in [2.24, 2.45) is 5.41 Å². The van der Waals surface area contributed by atoms with Gasteiger partial charge in [0.1, 0.15) is 0 Å². The van der Waals surface area contributed by atoms with E-state index in [2.05, 4.69) is 41.8 Å². The summed E-state index contributed by atoms with van der Waals surface area (Å²) in [4.78, 5) is 4.43. The Morgan fingerprint density at radius 3 is 2.83 bits per heavy atom. The molecule has 18 heavy (non-hydrogen) atoms. The zero-order valence-electron chi connectivity index (χ0n) is 12.1. The quantitative estimate of drug-likeness (QED) is 0.698. The maximum Gasteiger partial charge on any atom is 0.203 e. The first-order chi connectivity index (χ1) is 8.62. The molecular weight excluding hydrogens is 222 g/mol. The topological polar surface area (TPSA) is 29.9 Å². The molecule has 2 rings (SSSR count). The fourth-order valence-corrected chi connectivity index (χ4v) is 2.36. The minimum absolute atomic E-state index is 0.357. The maximum absolute atomic E-state index is 4.43. The van der Waals surface area contributed by atoms with Crippen molar-refractivity contribution >= 4 is 5.95 Å². The molecule has 102 valence electrons.